The van der Waals surface area contributed by atoms with E-state index in [1.807, 2.05) is 20.8 Å². The summed E-state index contributed by atoms with van der Waals surface area (Å²) in [6, 6.07) is 0. The van der Waals surface area contributed by atoms with Crippen LogP contribution >= 0.6 is 0 Å². The van der Waals surface area contributed by atoms with E-state index in [9.17, 15) is 9.90 Å². The van der Waals surface area contributed by atoms with Crippen LogP contribution in [0, 0.1) is 0 Å². The fraction of sp³-hybridized carbons (Fsp3) is 0.909. The van der Waals surface area contributed by atoms with E-state index < -0.39 is 17.8 Å². The van der Waals surface area contributed by atoms with Gasteiger partial charge in [0.15, 0.2) is 0 Å². The summed E-state index contributed by atoms with van der Waals surface area (Å²) in [5.41, 5.74) is -0.512. The van der Waals surface area contributed by atoms with Crippen molar-refractivity contribution in [1.29, 1.82) is 0 Å². The van der Waals surface area contributed by atoms with Crippen LogP contribution < -0.4 is 0 Å². The molecule has 1 fully saturated rings. The lowest BCUT2D eigenvalue weighted by atomic mass is 10.1. The smallest absolute Gasteiger partial charge is 0.410 e. The molecule has 1 amide bonds. The summed E-state index contributed by atoms with van der Waals surface area (Å²) in [5.74, 6) is 0. The Morgan fingerprint density at radius 1 is 1.38 bits per heavy atom. The topological polar surface area (TPSA) is 59.0 Å². The first-order valence-electron chi connectivity index (χ1n) is 5.50. The van der Waals surface area contributed by atoms with Crippen LogP contribution in [0.1, 0.15) is 27.2 Å². The maximum Gasteiger partial charge on any atom is 0.410 e. The lowest BCUT2D eigenvalue weighted by molar-refractivity contribution is -0.0419. The molecule has 94 valence electrons. The molecule has 0 saturated carbocycles. The number of methoxy groups -OCH3 is 1. The molecule has 1 rings (SSSR count). The van der Waals surface area contributed by atoms with E-state index in [4.69, 9.17) is 9.47 Å². The number of hydrogen-bond donors (Lipinski definition) is 1. The highest BCUT2D eigenvalue weighted by atomic mass is 16.6. The quantitative estimate of drug-likeness (QED) is 0.731. The van der Waals surface area contributed by atoms with Crippen molar-refractivity contribution in [2.45, 2.75) is 45.0 Å². The minimum atomic E-state index is -0.536. The molecule has 2 unspecified atom stereocenters. The van der Waals surface area contributed by atoms with Crippen molar-refractivity contribution in [2.75, 3.05) is 20.2 Å². The predicted octanol–water partition coefficient (Wildman–Crippen LogP) is 1.00. The molecule has 5 nitrogen and oxygen atoms in total. The molecule has 1 aliphatic rings. The van der Waals surface area contributed by atoms with Gasteiger partial charge in [-0.1, -0.05) is 0 Å². The number of nitrogens with zero attached hydrogens (tertiary/aromatic N) is 1. The van der Waals surface area contributed by atoms with Gasteiger partial charge in [0.05, 0.1) is 25.3 Å². The van der Waals surface area contributed by atoms with Crippen molar-refractivity contribution in [1.82, 2.24) is 4.90 Å². The average Bonchev–Trinajstić information content (AvgIpc) is 2.14. The minimum Gasteiger partial charge on any atom is -0.444 e. The molecule has 0 aromatic carbocycles. The summed E-state index contributed by atoms with van der Waals surface area (Å²) in [6.45, 7) is 6.24. The van der Waals surface area contributed by atoms with E-state index in [2.05, 4.69) is 0 Å². The van der Waals surface area contributed by atoms with Gasteiger partial charge < -0.3 is 19.5 Å². The first kappa shape index (κ1) is 13.3. The van der Waals surface area contributed by atoms with Gasteiger partial charge in [0, 0.05) is 13.5 Å². The van der Waals surface area contributed by atoms with Crippen molar-refractivity contribution in [2.24, 2.45) is 0 Å². The Hall–Kier alpha value is -0.810. The molecule has 0 aliphatic carbocycles. The van der Waals surface area contributed by atoms with Gasteiger partial charge >= 0.3 is 6.09 Å². The number of piperidine rings is 1. The highest BCUT2D eigenvalue weighted by Gasteiger charge is 2.31. The normalized spacial score (nSPS) is 26.7. The first-order valence-corrected chi connectivity index (χ1v) is 5.50. The van der Waals surface area contributed by atoms with E-state index in [1.165, 1.54) is 4.90 Å². The van der Waals surface area contributed by atoms with Gasteiger partial charge in [-0.15, -0.1) is 0 Å². The lowest BCUT2D eigenvalue weighted by Crippen LogP contribution is -2.50. The molecular weight excluding hydrogens is 210 g/mol. The average molecular weight is 231 g/mol. The Balaban J connectivity index is 2.55. The third-order valence-electron chi connectivity index (χ3n) is 2.38. The van der Waals surface area contributed by atoms with Crippen molar-refractivity contribution in [3.63, 3.8) is 0 Å². The van der Waals surface area contributed by atoms with E-state index >= 15 is 0 Å². The molecule has 2 atom stereocenters. The predicted molar refractivity (Wildman–Crippen MR) is 59.2 cm³/mol. The Bertz CT molecular complexity index is 249. The van der Waals surface area contributed by atoms with E-state index in [0.717, 1.165) is 0 Å². The highest BCUT2D eigenvalue weighted by molar-refractivity contribution is 5.68. The largest absolute Gasteiger partial charge is 0.444 e. The summed E-state index contributed by atoms with van der Waals surface area (Å²) in [4.78, 5) is 13.3. The van der Waals surface area contributed by atoms with E-state index in [0.29, 0.717) is 19.5 Å². The number of aliphatic hydroxyl groups is 1. The SMILES string of the molecule is COC1CC(O)CN(C(=O)OC(C)(C)C)C1. The van der Waals surface area contributed by atoms with E-state index in [1.54, 1.807) is 7.11 Å². The molecule has 0 bridgehead atoms. The number of carbonyl (C=O) groups is 1. The summed E-state index contributed by atoms with van der Waals surface area (Å²) < 4.78 is 10.4. The van der Waals surface area contributed by atoms with Gasteiger partial charge in [-0.25, -0.2) is 4.79 Å². The minimum absolute atomic E-state index is 0.115. The van der Waals surface area contributed by atoms with Crippen LogP contribution in [0.2, 0.25) is 0 Å². The standard InChI is InChI=1S/C11H21NO4/c1-11(2,3)16-10(14)12-6-8(13)5-9(7-12)15-4/h8-9,13H,5-7H2,1-4H3. The molecule has 1 heterocycles. The number of β-amino-alcohol motifs (C(OH)–C–C–N with tert-alkyl or cyclic N) is 1. The zero-order valence-corrected chi connectivity index (χ0v) is 10.4. The number of carbonyl (C=O) groups excluding carboxylic acids is 1. The Kier molecular flexibility index (Phi) is 4.15. The van der Waals surface area contributed by atoms with Crippen LogP contribution in [0.5, 0.6) is 0 Å². The zero-order valence-electron chi connectivity index (χ0n) is 10.4. The van der Waals surface area contributed by atoms with Gasteiger partial charge in [-0.05, 0) is 20.8 Å². The van der Waals surface area contributed by atoms with E-state index in [-0.39, 0.29) is 6.10 Å². The maximum absolute atomic E-state index is 11.8. The number of likely N-dealkylation sites (tertiary alicyclic amines) is 1. The van der Waals surface area contributed by atoms with Crippen molar-refractivity contribution in [3.8, 4) is 0 Å². The summed E-state index contributed by atoms with van der Waals surface area (Å²) in [6.07, 6.45) is -0.480. The highest BCUT2D eigenvalue weighted by Crippen LogP contribution is 2.17. The molecule has 5 heteroatoms. The summed E-state index contributed by atoms with van der Waals surface area (Å²) in [5, 5.41) is 9.60. The van der Waals surface area contributed by atoms with Crippen LogP contribution in [0.4, 0.5) is 4.79 Å². The van der Waals surface area contributed by atoms with Crippen molar-refractivity contribution < 1.29 is 19.4 Å². The Morgan fingerprint density at radius 2 is 2.00 bits per heavy atom. The molecule has 1 N–H and O–H groups in total. The molecule has 0 spiro atoms. The fourth-order valence-electron chi connectivity index (χ4n) is 1.67. The molecule has 1 saturated heterocycles. The second kappa shape index (κ2) is 5.01. The molecule has 16 heavy (non-hydrogen) atoms. The van der Waals surface area contributed by atoms with Crippen LogP contribution in [0.3, 0.4) is 0 Å². The van der Waals surface area contributed by atoms with Gasteiger partial charge in [-0.3, -0.25) is 0 Å². The monoisotopic (exact) mass is 231 g/mol. The zero-order chi connectivity index (χ0) is 12.3. The fourth-order valence-corrected chi connectivity index (χ4v) is 1.67. The molecule has 0 aromatic rings. The Labute approximate surface area is 96.3 Å². The summed E-state index contributed by atoms with van der Waals surface area (Å²) in [7, 11) is 1.58. The van der Waals surface area contributed by atoms with Crippen molar-refractivity contribution >= 4 is 6.09 Å². The van der Waals surface area contributed by atoms with Gasteiger partial charge in [0.2, 0.25) is 0 Å². The van der Waals surface area contributed by atoms with Gasteiger partial charge in [-0.2, -0.15) is 0 Å². The molecule has 1 aliphatic heterocycles. The van der Waals surface area contributed by atoms with Crippen molar-refractivity contribution in [3.05, 3.63) is 0 Å². The van der Waals surface area contributed by atoms with Crippen LogP contribution in [0.15, 0.2) is 0 Å². The number of ether oxygens (including phenoxy) is 2. The van der Waals surface area contributed by atoms with Crippen LogP contribution in [-0.2, 0) is 9.47 Å². The number of hydrogen-bond acceptors (Lipinski definition) is 4. The first-order chi connectivity index (χ1) is 7.31. The van der Waals surface area contributed by atoms with Crippen LogP contribution in [0.25, 0.3) is 0 Å². The number of rotatable bonds is 1. The molecule has 0 aromatic heterocycles. The van der Waals surface area contributed by atoms with Gasteiger partial charge in [0.25, 0.3) is 0 Å². The summed E-state index contributed by atoms with van der Waals surface area (Å²) >= 11 is 0. The second-order valence-electron chi connectivity index (χ2n) is 5.13. The third-order valence-corrected chi connectivity index (χ3v) is 2.38. The van der Waals surface area contributed by atoms with Crippen LogP contribution in [-0.4, -0.2) is 54.1 Å². The Morgan fingerprint density at radius 3 is 2.50 bits per heavy atom. The number of aliphatic hydroxyl groups excluding tert-OH is 1. The second-order valence-corrected chi connectivity index (χ2v) is 5.13. The maximum atomic E-state index is 11.8. The number of amides is 1. The molecular formula is C11H21NO4. The third kappa shape index (κ3) is 3.98. The molecule has 0 radical (unpaired) electrons. The van der Waals surface area contributed by atoms with Gasteiger partial charge in [0.1, 0.15) is 5.60 Å². The lowest BCUT2D eigenvalue weighted by Gasteiger charge is -2.35.